The van der Waals surface area contributed by atoms with E-state index in [4.69, 9.17) is 0 Å². The van der Waals surface area contributed by atoms with Gasteiger partial charge in [-0.2, -0.15) is 12.6 Å². The van der Waals surface area contributed by atoms with Gasteiger partial charge in [0.1, 0.15) is 0 Å². The van der Waals surface area contributed by atoms with Crippen molar-refractivity contribution in [3.05, 3.63) is 0 Å². The number of nitrogens with zero attached hydrogens (tertiary/aromatic N) is 2. The van der Waals surface area contributed by atoms with E-state index in [1.807, 2.05) is 13.8 Å². The van der Waals surface area contributed by atoms with E-state index in [0.29, 0.717) is 13.1 Å². The molecule has 14 heavy (non-hydrogen) atoms. The average Bonchev–Trinajstić information content (AvgIpc) is 2.18. The number of amides is 2. The maximum absolute atomic E-state index is 11.5. The highest BCUT2D eigenvalue weighted by atomic mass is 32.1. The Balaban J connectivity index is 4.10. The van der Waals surface area contributed by atoms with Crippen molar-refractivity contribution in [2.24, 2.45) is 0 Å². The van der Waals surface area contributed by atoms with Crippen LogP contribution in [-0.2, 0) is 9.59 Å². The molecular weight excluding hydrogens is 200 g/mol. The molecule has 0 aromatic carbocycles. The van der Waals surface area contributed by atoms with E-state index in [0.717, 1.165) is 0 Å². The number of carbonyl (C=O) groups is 2. The molecule has 4 nitrogen and oxygen atoms in total. The predicted octanol–water partition coefficient (Wildman–Crippen LogP) is 0.243. The van der Waals surface area contributed by atoms with E-state index in [1.165, 1.54) is 4.90 Å². The first-order chi connectivity index (χ1) is 6.56. The molecule has 5 heteroatoms. The summed E-state index contributed by atoms with van der Waals surface area (Å²) in [5.41, 5.74) is 0. The zero-order valence-electron chi connectivity index (χ0n) is 8.99. The fourth-order valence-electron chi connectivity index (χ4n) is 1.09. The third-order valence-electron chi connectivity index (χ3n) is 2.05. The summed E-state index contributed by atoms with van der Waals surface area (Å²) >= 11 is 3.86. The van der Waals surface area contributed by atoms with Crippen LogP contribution in [0.5, 0.6) is 0 Å². The molecule has 0 heterocycles. The second-order valence-corrected chi connectivity index (χ2v) is 3.29. The maximum Gasteiger partial charge on any atom is 0.242 e. The van der Waals surface area contributed by atoms with Crippen LogP contribution in [0.1, 0.15) is 13.8 Å². The SMILES string of the molecule is CCN(CC)C(=O)CN(C)C(=O)CS. The molecule has 0 fully saturated rings. The molecule has 0 aliphatic rings. The third-order valence-corrected chi connectivity index (χ3v) is 2.32. The van der Waals surface area contributed by atoms with Crippen LogP contribution < -0.4 is 0 Å². The van der Waals surface area contributed by atoms with Gasteiger partial charge in [0.2, 0.25) is 11.8 Å². The standard InChI is InChI=1S/C9H18N2O2S/c1-4-11(5-2)8(12)6-10(3)9(13)7-14/h14H,4-7H2,1-3H3. The topological polar surface area (TPSA) is 40.6 Å². The van der Waals surface area contributed by atoms with Crippen LogP contribution in [0.2, 0.25) is 0 Å². The third kappa shape index (κ3) is 4.00. The van der Waals surface area contributed by atoms with E-state index in [-0.39, 0.29) is 24.1 Å². The first-order valence-electron chi connectivity index (χ1n) is 4.69. The smallest absolute Gasteiger partial charge is 0.242 e. The van der Waals surface area contributed by atoms with Gasteiger partial charge in [-0.05, 0) is 13.8 Å². The molecule has 0 aromatic heterocycles. The lowest BCUT2D eigenvalue weighted by atomic mass is 10.4. The van der Waals surface area contributed by atoms with Crippen molar-refractivity contribution in [3.63, 3.8) is 0 Å². The van der Waals surface area contributed by atoms with Gasteiger partial charge in [-0.15, -0.1) is 0 Å². The Kier molecular flexibility index (Phi) is 6.36. The van der Waals surface area contributed by atoms with Crippen molar-refractivity contribution in [3.8, 4) is 0 Å². The molecule has 0 aliphatic carbocycles. The molecule has 0 saturated heterocycles. The second-order valence-electron chi connectivity index (χ2n) is 2.97. The Morgan fingerprint density at radius 1 is 1.14 bits per heavy atom. The Morgan fingerprint density at radius 3 is 2.00 bits per heavy atom. The summed E-state index contributed by atoms with van der Waals surface area (Å²) in [4.78, 5) is 25.8. The van der Waals surface area contributed by atoms with Gasteiger partial charge in [-0.3, -0.25) is 9.59 Å². The quantitative estimate of drug-likeness (QED) is 0.672. The highest BCUT2D eigenvalue weighted by Crippen LogP contribution is 1.93. The van der Waals surface area contributed by atoms with Crippen LogP contribution in [0.3, 0.4) is 0 Å². The first-order valence-corrected chi connectivity index (χ1v) is 5.32. The lowest BCUT2D eigenvalue weighted by Crippen LogP contribution is -2.41. The van der Waals surface area contributed by atoms with E-state index in [9.17, 15) is 9.59 Å². The average molecular weight is 218 g/mol. The molecule has 0 aromatic rings. The lowest BCUT2D eigenvalue weighted by molar-refractivity contribution is -0.137. The number of hydrogen-bond donors (Lipinski definition) is 1. The minimum Gasteiger partial charge on any atom is -0.342 e. The van der Waals surface area contributed by atoms with Gasteiger partial charge in [0.05, 0.1) is 12.3 Å². The van der Waals surface area contributed by atoms with Crippen LogP contribution in [-0.4, -0.2) is 54.0 Å². The summed E-state index contributed by atoms with van der Waals surface area (Å²) in [5, 5.41) is 0. The predicted molar refractivity (Wildman–Crippen MR) is 59.4 cm³/mol. The van der Waals surface area contributed by atoms with Crippen molar-refractivity contribution >= 4 is 24.4 Å². The number of likely N-dealkylation sites (N-methyl/N-ethyl adjacent to an activating group) is 2. The van der Waals surface area contributed by atoms with E-state index >= 15 is 0 Å². The number of hydrogen-bond acceptors (Lipinski definition) is 3. The Morgan fingerprint density at radius 2 is 1.64 bits per heavy atom. The van der Waals surface area contributed by atoms with Crippen molar-refractivity contribution in [1.29, 1.82) is 0 Å². The maximum atomic E-state index is 11.5. The number of rotatable bonds is 5. The van der Waals surface area contributed by atoms with Crippen LogP contribution in [0.25, 0.3) is 0 Å². The molecule has 0 rings (SSSR count). The minimum absolute atomic E-state index is 0.0207. The summed E-state index contributed by atoms with van der Waals surface area (Å²) in [6.07, 6.45) is 0. The van der Waals surface area contributed by atoms with Gasteiger partial charge in [0.15, 0.2) is 0 Å². The zero-order valence-corrected chi connectivity index (χ0v) is 9.88. The van der Waals surface area contributed by atoms with Gasteiger partial charge < -0.3 is 9.80 Å². The van der Waals surface area contributed by atoms with E-state index < -0.39 is 0 Å². The van der Waals surface area contributed by atoms with Crippen LogP contribution >= 0.6 is 12.6 Å². The van der Waals surface area contributed by atoms with Crippen molar-refractivity contribution < 1.29 is 9.59 Å². The molecule has 0 radical (unpaired) electrons. The summed E-state index contributed by atoms with van der Waals surface area (Å²) in [7, 11) is 1.61. The van der Waals surface area contributed by atoms with E-state index in [2.05, 4.69) is 12.6 Å². The van der Waals surface area contributed by atoms with Gasteiger partial charge in [-0.25, -0.2) is 0 Å². The van der Waals surface area contributed by atoms with Crippen LogP contribution in [0.4, 0.5) is 0 Å². The number of carbonyl (C=O) groups excluding carboxylic acids is 2. The molecule has 0 N–H and O–H groups in total. The molecule has 0 unspecified atom stereocenters. The van der Waals surface area contributed by atoms with Crippen molar-refractivity contribution in [2.45, 2.75) is 13.8 Å². The molecule has 82 valence electrons. The van der Waals surface area contributed by atoms with Crippen LogP contribution in [0.15, 0.2) is 0 Å². The Bertz CT molecular complexity index is 205. The molecule has 0 atom stereocenters. The molecule has 0 spiro atoms. The minimum atomic E-state index is -0.131. The summed E-state index contributed by atoms with van der Waals surface area (Å²) in [6.45, 7) is 5.33. The molecule has 0 bridgehead atoms. The summed E-state index contributed by atoms with van der Waals surface area (Å²) in [6, 6.07) is 0. The highest BCUT2D eigenvalue weighted by Gasteiger charge is 2.14. The fraction of sp³-hybridized carbons (Fsp3) is 0.778. The van der Waals surface area contributed by atoms with Gasteiger partial charge >= 0.3 is 0 Å². The summed E-state index contributed by atoms with van der Waals surface area (Å²) < 4.78 is 0. The Labute approximate surface area is 90.7 Å². The molecule has 0 aliphatic heterocycles. The van der Waals surface area contributed by atoms with E-state index in [1.54, 1.807) is 11.9 Å². The first kappa shape index (κ1) is 13.3. The lowest BCUT2D eigenvalue weighted by Gasteiger charge is -2.22. The van der Waals surface area contributed by atoms with Gasteiger partial charge in [-0.1, -0.05) is 0 Å². The molecule has 2 amide bonds. The largest absolute Gasteiger partial charge is 0.342 e. The van der Waals surface area contributed by atoms with Crippen LogP contribution in [0, 0.1) is 0 Å². The molecular formula is C9H18N2O2S. The highest BCUT2D eigenvalue weighted by molar-refractivity contribution is 7.81. The second kappa shape index (κ2) is 6.70. The fourth-order valence-corrected chi connectivity index (χ4v) is 1.33. The van der Waals surface area contributed by atoms with Gasteiger partial charge in [0, 0.05) is 20.1 Å². The zero-order chi connectivity index (χ0) is 11.1. The Hall–Kier alpha value is -0.710. The summed E-state index contributed by atoms with van der Waals surface area (Å²) in [5.74, 6) is -0.0105. The normalized spacial score (nSPS) is 9.71. The van der Waals surface area contributed by atoms with Crippen molar-refractivity contribution in [2.75, 3.05) is 32.4 Å². The molecule has 0 saturated carbocycles. The van der Waals surface area contributed by atoms with Crippen molar-refractivity contribution in [1.82, 2.24) is 9.80 Å². The number of thiol groups is 1. The van der Waals surface area contributed by atoms with Gasteiger partial charge in [0.25, 0.3) is 0 Å². The monoisotopic (exact) mass is 218 g/mol.